The summed E-state index contributed by atoms with van der Waals surface area (Å²) in [6.45, 7) is 9.52. The van der Waals surface area contributed by atoms with Gasteiger partial charge in [-0.2, -0.15) is 0 Å². The molecule has 1 aromatic carbocycles. The molecule has 4 rings (SSSR count). The van der Waals surface area contributed by atoms with Gasteiger partial charge in [0.05, 0.1) is 23.7 Å². The second kappa shape index (κ2) is 7.43. The van der Waals surface area contributed by atoms with Crippen LogP contribution in [-0.2, 0) is 0 Å². The predicted molar refractivity (Wildman–Crippen MR) is 114 cm³/mol. The predicted octanol–water partition coefficient (Wildman–Crippen LogP) is 3.01. The van der Waals surface area contributed by atoms with Crippen molar-refractivity contribution in [3.05, 3.63) is 39.9 Å². The molecule has 2 aliphatic rings. The van der Waals surface area contributed by atoms with Gasteiger partial charge in [0.1, 0.15) is 11.3 Å². The number of hydrogen-bond acceptors (Lipinski definition) is 5. The zero-order valence-electron chi connectivity index (χ0n) is 17.4. The van der Waals surface area contributed by atoms with Gasteiger partial charge in [-0.05, 0) is 38.3 Å². The van der Waals surface area contributed by atoms with E-state index in [0.29, 0.717) is 36.4 Å². The van der Waals surface area contributed by atoms with Crippen LogP contribution < -0.4 is 20.4 Å². The lowest BCUT2D eigenvalue weighted by Gasteiger charge is -2.35. The van der Waals surface area contributed by atoms with E-state index in [2.05, 4.69) is 11.9 Å². The first kappa shape index (κ1) is 20.4. The highest BCUT2D eigenvalue weighted by Gasteiger charge is 2.35. The first-order valence-electron chi connectivity index (χ1n) is 10.1. The number of aromatic nitrogens is 1. The van der Waals surface area contributed by atoms with E-state index in [9.17, 15) is 14.7 Å². The van der Waals surface area contributed by atoms with Crippen molar-refractivity contribution in [1.29, 1.82) is 0 Å². The summed E-state index contributed by atoms with van der Waals surface area (Å²) in [5.41, 5.74) is 0.421. The van der Waals surface area contributed by atoms with Crippen molar-refractivity contribution in [3.8, 4) is 5.75 Å². The molecule has 30 heavy (non-hydrogen) atoms. The molecule has 1 aromatic heterocycles. The third-order valence-electron chi connectivity index (χ3n) is 5.79. The van der Waals surface area contributed by atoms with Crippen LogP contribution in [0.4, 0.5) is 10.1 Å². The molecular formula is C22H26FN3O4. The molecule has 2 N–H and O–H groups in total. The van der Waals surface area contributed by atoms with Crippen molar-refractivity contribution < 1.29 is 19.0 Å². The van der Waals surface area contributed by atoms with E-state index < -0.39 is 17.2 Å². The van der Waals surface area contributed by atoms with Gasteiger partial charge in [-0.3, -0.25) is 4.79 Å². The summed E-state index contributed by atoms with van der Waals surface area (Å²) in [6.07, 6.45) is 1.69. The number of piperazine rings is 1. The van der Waals surface area contributed by atoms with Crippen LogP contribution in [0.3, 0.4) is 0 Å². The van der Waals surface area contributed by atoms with Crippen LogP contribution in [0.5, 0.6) is 5.75 Å². The van der Waals surface area contributed by atoms with Crippen molar-refractivity contribution in [2.75, 3.05) is 31.6 Å². The minimum Gasteiger partial charge on any atom is -0.492 e. The molecule has 1 saturated heterocycles. The highest BCUT2D eigenvalue weighted by Crippen LogP contribution is 2.45. The maximum atomic E-state index is 15.3. The van der Waals surface area contributed by atoms with Gasteiger partial charge >= 0.3 is 5.97 Å². The second-order valence-corrected chi connectivity index (χ2v) is 8.18. The van der Waals surface area contributed by atoms with Gasteiger partial charge in [0.2, 0.25) is 5.43 Å². The first-order chi connectivity index (χ1) is 14.3. The highest BCUT2D eigenvalue weighted by molar-refractivity contribution is 6.01. The molecule has 0 amide bonds. The molecule has 2 heterocycles. The van der Waals surface area contributed by atoms with E-state index in [1.54, 1.807) is 6.92 Å². The maximum Gasteiger partial charge on any atom is 0.341 e. The van der Waals surface area contributed by atoms with E-state index in [1.807, 2.05) is 16.4 Å². The van der Waals surface area contributed by atoms with E-state index in [4.69, 9.17) is 4.74 Å². The van der Waals surface area contributed by atoms with Gasteiger partial charge in [-0.15, -0.1) is 0 Å². The minimum absolute atomic E-state index is 0.0191. The number of anilines is 1. The molecule has 8 heteroatoms. The number of nitrogens with one attached hydrogen (secondary N) is 1. The summed E-state index contributed by atoms with van der Waals surface area (Å²) in [4.78, 5) is 27.1. The van der Waals surface area contributed by atoms with Crippen molar-refractivity contribution in [3.63, 3.8) is 0 Å². The molecule has 1 saturated carbocycles. The SMILES string of the molecule is C=C(C)c1c(C(=O)O)c(=O)c2cc(F)c(N3CCNC(C)C3)c(OC)c2n1C1CC1. The number of allylic oxidation sites excluding steroid dienone is 1. The smallest absolute Gasteiger partial charge is 0.341 e. The average molecular weight is 415 g/mol. The Morgan fingerprint density at radius 3 is 2.63 bits per heavy atom. The minimum atomic E-state index is -1.34. The Labute approximate surface area is 173 Å². The van der Waals surface area contributed by atoms with Crippen LogP contribution in [0.2, 0.25) is 0 Å². The Hall–Kier alpha value is -2.87. The summed E-state index contributed by atoms with van der Waals surface area (Å²) in [6, 6.07) is 1.35. The number of nitrogens with zero attached hydrogens (tertiary/aromatic N) is 2. The fourth-order valence-electron chi connectivity index (χ4n) is 4.43. The standard InChI is InChI=1S/C22H26FN3O4/c1-11(2)17-16(22(28)29)20(27)14-9-15(23)19(25-8-7-24-12(3)10-25)21(30-4)18(14)26(17)13-5-6-13/h9,12-13,24H,1,5-8,10H2,2-4H3,(H,28,29). The fraction of sp³-hybridized carbons (Fsp3) is 0.455. The summed E-state index contributed by atoms with van der Waals surface area (Å²) in [7, 11) is 1.45. The van der Waals surface area contributed by atoms with Gasteiger partial charge in [0, 0.05) is 31.7 Å². The Morgan fingerprint density at radius 2 is 2.10 bits per heavy atom. The lowest BCUT2D eigenvalue weighted by molar-refractivity contribution is 0.0694. The molecule has 0 spiro atoms. The van der Waals surface area contributed by atoms with Crippen LogP contribution in [0.15, 0.2) is 17.4 Å². The van der Waals surface area contributed by atoms with E-state index >= 15 is 4.39 Å². The lowest BCUT2D eigenvalue weighted by Crippen LogP contribution is -2.49. The van der Waals surface area contributed by atoms with E-state index in [1.165, 1.54) is 7.11 Å². The molecule has 1 unspecified atom stereocenters. The molecular weight excluding hydrogens is 389 g/mol. The van der Waals surface area contributed by atoms with Gasteiger partial charge < -0.3 is 24.6 Å². The van der Waals surface area contributed by atoms with Crippen LogP contribution in [0, 0.1) is 5.82 Å². The van der Waals surface area contributed by atoms with Gasteiger partial charge in [-0.1, -0.05) is 6.58 Å². The Bertz CT molecular complexity index is 1120. The van der Waals surface area contributed by atoms with Gasteiger partial charge in [0.25, 0.3) is 0 Å². The van der Waals surface area contributed by atoms with Crippen LogP contribution in [-0.4, -0.2) is 48.4 Å². The summed E-state index contributed by atoms with van der Waals surface area (Å²) in [5.74, 6) is -1.66. The molecule has 160 valence electrons. The van der Waals surface area contributed by atoms with E-state index in [-0.39, 0.29) is 34.5 Å². The van der Waals surface area contributed by atoms with Crippen LogP contribution in [0.25, 0.3) is 16.5 Å². The Morgan fingerprint density at radius 1 is 1.40 bits per heavy atom. The number of carbonyl (C=O) groups is 1. The lowest BCUT2D eigenvalue weighted by atomic mass is 10.0. The zero-order chi connectivity index (χ0) is 21.7. The van der Waals surface area contributed by atoms with Crippen LogP contribution in [0.1, 0.15) is 48.8 Å². The number of benzene rings is 1. The monoisotopic (exact) mass is 415 g/mol. The molecule has 1 aliphatic heterocycles. The number of aromatic carboxylic acids is 1. The Kier molecular flexibility index (Phi) is 5.05. The van der Waals surface area contributed by atoms with Crippen molar-refractivity contribution >= 4 is 28.1 Å². The van der Waals surface area contributed by atoms with E-state index in [0.717, 1.165) is 18.9 Å². The molecule has 7 nitrogen and oxygen atoms in total. The van der Waals surface area contributed by atoms with Gasteiger partial charge in [0.15, 0.2) is 11.6 Å². The van der Waals surface area contributed by atoms with Crippen molar-refractivity contribution in [1.82, 2.24) is 9.88 Å². The third-order valence-corrected chi connectivity index (χ3v) is 5.79. The molecule has 1 aliphatic carbocycles. The zero-order valence-corrected chi connectivity index (χ0v) is 17.4. The molecule has 2 aromatic rings. The molecule has 0 bridgehead atoms. The second-order valence-electron chi connectivity index (χ2n) is 8.18. The highest BCUT2D eigenvalue weighted by atomic mass is 19.1. The van der Waals surface area contributed by atoms with Crippen molar-refractivity contribution in [2.45, 2.75) is 38.8 Å². The average Bonchev–Trinajstić information content (AvgIpc) is 3.51. The number of halogens is 1. The quantitative estimate of drug-likeness (QED) is 0.781. The number of carboxylic acids is 1. The van der Waals surface area contributed by atoms with Gasteiger partial charge in [-0.25, -0.2) is 9.18 Å². The number of rotatable bonds is 5. The number of ether oxygens (including phenoxy) is 1. The molecule has 0 radical (unpaired) electrons. The Balaban J connectivity index is 2.15. The van der Waals surface area contributed by atoms with Crippen LogP contribution >= 0.6 is 0 Å². The maximum absolute atomic E-state index is 15.3. The van der Waals surface area contributed by atoms with Crippen molar-refractivity contribution in [2.24, 2.45) is 0 Å². The number of fused-ring (bicyclic) bond motifs is 1. The number of pyridine rings is 1. The topological polar surface area (TPSA) is 83.8 Å². The number of methoxy groups -OCH3 is 1. The number of carboxylic acid groups (broad SMARTS) is 1. The first-order valence-corrected chi connectivity index (χ1v) is 10.1. The summed E-state index contributed by atoms with van der Waals surface area (Å²) in [5, 5.41) is 13.1. The molecule has 2 fully saturated rings. The summed E-state index contributed by atoms with van der Waals surface area (Å²) >= 11 is 0. The third kappa shape index (κ3) is 3.15. The fourth-order valence-corrected chi connectivity index (χ4v) is 4.43. The largest absolute Gasteiger partial charge is 0.492 e. The number of hydrogen-bond donors (Lipinski definition) is 2. The summed E-state index contributed by atoms with van der Waals surface area (Å²) < 4.78 is 22.9. The molecule has 1 atom stereocenters. The normalized spacial score (nSPS) is 19.2.